The Kier molecular flexibility index (Phi) is 6.49. The van der Waals surface area contributed by atoms with Crippen LogP contribution in [-0.4, -0.2) is 45.2 Å². The number of benzene rings is 3. The fourth-order valence-corrected chi connectivity index (χ4v) is 7.48. The first-order chi connectivity index (χ1) is 20.0. The van der Waals surface area contributed by atoms with E-state index in [0.717, 1.165) is 36.3 Å². The molecule has 208 valence electrons. The van der Waals surface area contributed by atoms with Gasteiger partial charge >= 0.3 is 6.09 Å². The SMILES string of the molecule is Cc1cc(C)n(-c2cccc(C(=O)C3CC4CCCC(C3)N4C(=O)OCC3c4ccccc4-c4ccccc43)c2)n1. The van der Waals surface area contributed by atoms with Crippen molar-refractivity contribution in [2.24, 2.45) is 5.92 Å². The van der Waals surface area contributed by atoms with E-state index in [1.165, 1.54) is 22.3 Å². The third-order valence-electron chi connectivity index (χ3n) is 9.28. The molecule has 3 aliphatic rings. The molecule has 6 nitrogen and oxygen atoms in total. The summed E-state index contributed by atoms with van der Waals surface area (Å²) in [4.78, 5) is 29.3. The summed E-state index contributed by atoms with van der Waals surface area (Å²) in [5, 5.41) is 4.59. The average molecular weight is 546 g/mol. The molecular formula is C35H35N3O3. The maximum atomic E-state index is 13.8. The summed E-state index contributed by atoms with van der Waals surface area (Å²) in [5.41, 5.74) is 8.49. The molecule has 0 saturated carbocycles. The second-order valence-corrected chi connectivity index (χ2v) is 11.9. The Hall–Kier alpha value is -4.19. The number of Topliss-reactive ketones (excluding diaryl/α,β-unsaturated/α-hetero) is 1. The van der Waals surface area contributed by atoms with Gasteiger partial charge in [-0.3, -0.25) is 4.79 Å². The van der Waals surface area contributed by atoms with Gasteiger partial charge in [-0.25, -0.2) is 9.48 Å². The zero-order chi connectivity index (χ0) is 28.1. The van der Waals surface area contributed by atoms with Gasteiger partial charge in [0.1, 0.15) is 6.61 Å². The van der Waals surface area contributed by atoms with Crippen molar-refractivity contribution in [2.45, 2.75) is 64.0 Å². The molecule has 6 heteroatoms. The van der Waals surface area contributed by atoms with Gasteiger partial charge in [-0.05, 0) is 86.4 Å². The largest absolute Gasteiger partial charge is 0.448 e. The molecule has 41 heavy (non-hydrogen) atoms. The number of aromatic nitrogens is 2. The number of nitrogens with zero attached hydrogens (tertiary/aromatic N) is 3. The zero-order valence-corrected chi connectivity index (χ0v) is 23.6. The maximum Gasteiger partial charge on any atom is 0.410 e. The van der Waals surface area contributed by atoms with E-state index in [-0.39, 0.29) is 35.8 Å². The lowest BCUT2D eigenvalue weighted by Gasteiger charge is -2.47. The molecule has 0 N–H and O–H groups in total. The van der Waals surface area contributed by atoms with Gasteiger partial charge in [-0.2, -0.15) is 5.10 Å². The van der Waals surface area contributed by atoms with E-state index in [1.54, 1.807) is 0 Å². The van der Waals surface area contributed by atoms with Crippen LogP contribution in [0.1, 0.15) is 70.9 Å². The standard InChI is InChI=1S/C35H35N3O3/c1-22-17-23(2)38(36-22)28-12-7-9-24(18-28)34(39)25-19-26-10-8-11-27(20-25)37(26)35(40)41-21-33-31-15-5-3-13-29(31)30-14-4-6-16-32(30)33/h3-7,9,12-18,25-27,33H,8,10-11,19-21H2,1-2H3. The van der Waals surface area contributed by atoms with Crippen molar-refractivity contribution in [3.63, 3.8) is 0 Å². The van der Waals surface area contributed by atoms with Crippen LogP contribution in [0.15, 0.2) is 78.9 Å². The van der Waals surface area contributed by atoms with Crippen LogP contribution >= 0.6 is 0 Å². The first-order valence-corrected chi connectivity index (χ1v) is 14.8. The first-order valence-electron chi connectivity index (χ1n) is 14.8. The molecule has 3 heterocycles. The van der Waals surface area contributed by atoms with E-state index in [2.05, 4.69) is 53.6 Å². The fraction of sp³-hybridized carbons (Fsp3) is 0.343. The van der Waals surface area contributed by atoms with Gasteiger partial charge in [0.15, 0.2) is 5.78 Å². The zero-order valence-electron chi connectivity index (χ0n) is 23.6. The van der Waals surface area contributed by atoms with Crippen LogP contribution in [0.2, 0.25) is 0 Å². The molecule has 3 aromatic carbocycles. The number of hydrogen-bond acceptors (Lipinski definition) is 4. The van der Waals surface area contributed by atoms with Gasteiger partial charge in [0.2, 0.25) is 0 Å². The molecule has 2 fully saturated rings. The Labute approximate surface area is 240 Å². The number of carbonyl (C=O) groups is 2. The summed E-state index contributed by atoms with van der Waals surface area (Å²) in [6.07, 6.45) is 4.04. The summed E-state index contributed by atoms with van der Waals surface area (Å²) in [6, 6.07) is 26.7. The lowest BCUT2D eigenvalue weighted by atomic mass is 9.76. The van der Waals surface area contributed by atoms with Crippen LogP contribution in [-0.2, 0) is 4.74 Å². The molecule has 0 spiro atoms. The number of ether oxygens (including phenoxy) is 1. The highest BCUT2D eigenvalue weighted by atomic mass is 16.6. The van der Waals surface area contributed by atoms with Crippen LogP contribution in [0.25, 0.3) is 16.8 Å². The Balaban J connectivity index is 1.06. The van der Waals surface area contributed by atoms with Crippen molar-refractivity contribution >= 4 is 11.9 Å². The van der Waals surface area contributed by atoms with E-state index in [4.69, 9.17) is 4.74 Å². The Morgan fingerprint density at radius 2 is 1.51 bits per heavy atom. The smallest absolute Gasteiger partial charge is 0.410 e. The normalized spacial score (nSPS) is 21.3. The third-order valence-corrected chi connectivity index (χ3v) is 9.28. The number of aryl methyl sites for hydroxylation is 2. The Bertz CT molecular complexity index is 1580. The van der Waals surface area contributed by atoms with Gasteiger partial charge in [0.05, 0.1) is 11.4 Å². The van der Waals surface area contributed by atoms with Crippen LogP contribution in [0.3, 0.4) is 0 Å². The summed E-state index contributed by atoms with van der Waals surface area (Å²) in [7, 11) is 0. The summed E-state index contributed by atoms with van der Waals surface area (Å²) in [6.45, 7) is 4.32. The van der Waals surface area contributed by atoms with Crippen LogP contribution in [0, 0.1) is 19.8 Å². The molecule has 2 aliphatic heterocycles. The first kappa shape index (κ1) is 25.8. The van der Waals surface area contributed by atoms with Crippen molar-refractivity contribution < 1.29 is 14.3 Å². The fourth-order valence-electron chi connectivity index (χ4n) is 7.48. The number of fused-ring (bicyclic) bond motifs is 5. The molecule has 1 aliphatic carbocycles. The summed E-state index contributed by atoms with van der Waals surface area (Å²) in [5.74, 6) is 0.107. The number of rotatable bonds is 5. The summed E-state index contributed by atoms with van der Waals surface area (Å²) >= 11 is 0. The molecule has 1 aromatic heterocycles. The molecule has 4 aromatic rings. The summed E-state index contributed by atoms with van der Waals surface area (Å²) < 4.78 is 7.96. The van der Waals surface area contributed by atoms with Gasteiger partial charge in [0, 0.05) is 35.2 Å². The van der Waals surface area contributed by atoms with E-state index in [9.17, 15) is 9.59 Å². The van der Waals surface area contributed by atoms with Gasteiger partial charge in [0.25, 0.3) is 0 Å². The lowest BCUT2D eigenvalue weighted by molar-refractivity contribution is 0.00651. The van der Waals surface area contributed by atoms with Crippen LogP contribution in [0.4, 0.5) is 4.79 Å². The quantitative estimate of drug-likeness (QED) is 0.248. The average Bonchev–Trinajstić information content (AvgIpc) is 3.50. The number of piperidine rings is 2. The highest BCUT2D eigenvalue weighted by molar-refractivity contribution is 5.98. The van der Waals surface area contributed by atoms with Crippen molar-refractivity contribution in [3.8, 4) is 16.8 Å². The predicted molar refractivity (Wildman–Crippen MR) is 158 cm³/mol. The van der Waals surface area contributed by atoms with Crippen molar-refractivity contribution in [3.05, 3.63) is 107 Å². The molecule has 7 rings (SSSR count). The molecule has 2 saturated heterocycles. The minimum Gasteiger partial charge on any atom is -0.448 e. The van der Waals surface area contributed by atoms with Crippen molar-refractivity contribution in [2.75, 3.05) is 6.61 Å². The number of carbonyl (C=O) groups excluding carboxylic acids is 2. The second-order valence-electron chi connectivity index (χ2n) is 11.9. The monoisotopic (exact) mass is 545 g/mol. The van der Waals surface area contributed by atoms with E-state index < -0.39 is 0 Å². The highest BCUT2D eigenvalue weighted by Crippen LogP contribution is 2.45. The molecule has 2 bridgehead atoms. The van der Waals surface area contributed by atoms with Crippen LogP contribution in [0.5, 0.6) is 0 Å². The number of hydrogen-bond donors (Lipinski definition) is 0. The number of amides is 1. The molecular weight excluding hydrogens is 510 g/mol. The van der Waals surface area contributed by atoms with Crippen molar-refractivity contribution in [1.29, 1.82) is 0 Å². The lowest BCUT2D eigenvalue weighted by Crippen LogP contribution is -2.55. The van der Waals surface area contributed by atoms with Gasteiger partial charge in [-0.1, -0.05) is 60.7 Å². The Morgan fingerprint density at radius 1 is 0.854 bits per heavy atom. The maximum absolute atomic E-state index is 13.8. The minimum atomic E-state index is -0.237. The van der Waals surface area contributed by atoms with E-state index in [0.29, 0.717) is 25.0 Å². The number of ketones is 1. The molecule has 2 atom stereocenters. The van der Waals surface area contributed by atoms with Gasteiger partial charge < -0.3 is 9.64 Å². The van der Waals surface area contributed by atoms with Crippen LogP contribution < -0.4 is 0 Å². The predicted octanol–water partition coefficient (Wildman–Crippen LogP) is 7.25. The molecule has 1 amide bonds. The Morgan fingerprint density at radius 3 is 2.15 bits per heavy atom. The highest BCUT2D eigenvalue weighted by Gasteiger charge is 2.44. The molecule has 0 radical (unpaired) electrons. The molecule has 2 unspecified atom stereocenters. The van der Waals surface area contributed by atoms with Crippen molar-refractivity contribution in [1.82, 2.24) is 14.7 Å². The van der Waals surface area contributed by atoms with E-state index >= 15 is 0 Å². The third kappa shape index (κ3) is 4.55. The minimum absolute atomic E-state index is 0.0336. The van der Waals surface area contributed by atoms with E-state index in [1.807, 2.05) is 53.8 Å². The topological polar surface area (TPSA) is 64.4 Å². The van der Waals surface area contributed by atoms with Gasteiger partial charge in [-0.15, -0.1) is 0 Å². The second kappa shape index (κ2) is 10.3.